The highest BCUT2D eigenvalue weighted by Gasteiger charge is 2.28. The van der Waals surface area contributed by atoms with Gasteiger partial charge in [-0.2, -0.15) is 0 Å². The lowest BCUT2D eigenvalue weighted by Crippen LogP contribution is -2.20. The van der Waals surface area contributed by atoms with Crippen LogP contribution in [-0.4, -0.2) is 11.1 Å². The Hall–Kier alpha value is -2.39. The standard InChI is InChI=1S/C22H26O3/c1-7-18(23)25-17-12-11-15(3)20(22(4,5)6)19(17)21(24)16-10-8-9-14(2)13-16/h7-13,21,24H,1H2,2-6H3. The summed E-state index contributed by atoms with van der Waals surface area (Å²) in [5.41, 5.74) is 4.27. The molecule has 0 saturated carbocycles. The molecular weight excluding hydrogens is 312 g/mol. The largest absolute Gasteiger partial charge is 0.423 e. The molecule has 3 heteroatoms. The van der Waals surface area contributed by atoms with Crippen LogP contribution in [0.1, 0.15) is 54.7 Å². The third-order valence-electron chi connectivity index (χ3n) is 4.17. The molecule has 0 aliphatic carbocycles. The fourth-order valence-electron chi connectivity index (χ4n) is 3.22. The van der Waals surface area contributed by atoms with E-state index >= 15 is 0 Å². The van der Waals surface area contributed by atoms with E-state index < -0.39 is 12.1 Å². The topological polar surface area (TPSA) is 46.5 Å². The number of hydrogen-bond acceptors (Lipinski definition) is 3. The molecule has 2 aromatic rings. The van der Waals surface area contributed by atoms with Crippen LogP contribution in [0.5, 0.6) is 5.75 Å². The van der Waals surface area contributed by atoms with Gasteiger partial charge in [-0.1, -0.05) is 63.2 Å². The molecule has 0 heterocycles. The van der Waals surface area contributed by atoms with Crippen molar-refractivity contribution in [2.75, 3.05) is 0 Å². The summed E-state index contributed by atoms with van der Waals surface area (Å²) in [5.74, 6) is -0.171. The maximum absolute atomic E-state index is 11.8. The highest BCUT2D eigenvalue weighted by Crippen LogP contribution is 2.40. The Morgan fingerprint density at radius 3 is 2.44 bits per heavy atom. The number of aryl methyl sites for hydroxylation is 2. The summed E-state index contributed by atoms with van der Waals surface area (Å²) in [6.45, 7) is 13.7. The van der Waals surface area contributed by atoms with E-state index in [1.165, 1.54) is 0 Å². The minimum Gasteiger partial charge on any atom is -0.423 e. The molecule has 3 nitrogen and oxygen atoms in total. The van der Waals surface area contributed by atoms with E-state index in [1.54, 1.807) is 6.07 Å². The second-order valence-corrected chi connectivity index (χ2v) is 7.36. The average Bonchev–Trinajstić information content (AvgIpc) is 2.54. The van der Waals surface area contributed by atoms with Gasteiger partial charge in [0.15, 0.2) is 0 Å². The van der Waals surface area contributed by atoms with E-state index in [0.717, 1.165) is 28.3 Å². The predicted octanol–water partition coefficient (Wildman–Crippen LogP) is 4.77. The van der Waals surface area contributed by atoms with Gasteiger partial charge in [0, 0.05) is 11.6 Å². The molecule has 2 rings (SSSR count). The van der Waals surface area contributed by atoms with Crippen molar-refractivity contribution in [3.8, 4) is 5.75 Å². The van der Waals surface area contributed by atoms with E-state index in [1.807, 2.05) is 44.2 Å². The zero-order chi connectivity index (χ0) is 18.8. The predicted molar refractivity (Wildman–Crippen MR) is 101 cm³/mol. The van der Waals surface area contributed by atoms with Gasteiger partial charge in [0.05, 0.1) is 0 Å². The normalized spacial score (nSPS) is 12.6. The summed E-state index contributed by atoms with van der Waals surface area (Å²) in [7, 11) is 0. The van der Waals surface area contributed by atoms with Gasteiger partial charge in [-0.05, 0) is 42.0 Å². The molecule has 132 valence electrons. The van der Waals surface area contributed by atoms with Crippen LogP contribution in [0, 0.1) is 13.8 Å². The molecule has 25 heavy (non-hydrogen) atoms. The van der Waals surface area contributed by atoms with Gasteiger partial charge < -0.3 is 9.84 Å². The summed E-state index contributed by atoms with van der Waals surface area (Å²) >= 11 is 0. The van der Waals surface area contributed by atoms with Crippen molar-refractivity contribution in [2.24, 2.45) is 0 Å². The first-order valence-corrected chi connectivity index (χ1v) is 8.38. The highest BCUT2D eigenvalue weighted by atomic mass is 16.5. The van der Waals surface area contributed by atoms with E-state index in [-0.39, 0.29) is 5.41 Å². The first-order chi connectivity index (χ1) is 11.6. The van der Waals surface area contributed by atoms with Gasteiger partial charge in [-0.15, -0.1) is 0 Å². The summed E-state index contributed by atoms with van der Waals surface area (Å²) in [5, 5.41) is 11.1. The molecule has 0 spiro atoms. The molecule has 0 bridgehead atoms. The first-order valence-electron chi connectivity index (χ1n) is 8.38. The molecule has 0 aromatic heterocycles. The smallest absolute Gasteiger partial charge is 0.335 e. The SMILES string of the molecule is C=CC(=O)Oc1ccc(C)c(C(C)(C)C)c1C(O)c1cccc(C)c1. The van der Waals surface area contributed by atoms with Crippen LogP contribution in [0.4, 0.5) is 0 Å². The van der Waals surface area contributed by atoms with Crippen LogP contribution in [-0.2, 0) is 10.2 Å². The molecule has 0 amide bonds. The molecule has 2 aromatic carbocycles. The lowest BCUT2D eigenvalue weighted by Gasteiger charge is -2.29. The molecule has 0 radical (unpaired) electrons. The first kappa shape index (κ1) is 18.9. The fourth-order valence-corrected chi connectivity index (χ4v) is 3.22. The van der Waals surface area contributed by atoms with Crippen LogP contribution in [0.15, 0.2) is 49.1 Å². The zero-order valence-electron chi connectivity index (χ0n) is 15.6. The number of hydrogen-bond donors (Lipinski definition) is 1. The van der Waals surface area contributed by atoms with Crippen molar-refractivity contribution >= 4 is 5.97 Å². The number of benzene rings is 2. The number of esters is 1. The van der Waals surface area contributed by atoms with Gasteiger partial charge in [-0.3, -0.25) is 0 Å². The van der Waals surface area contributed by atoms with Crippen LogP contribution in [0.2, 0.25) is 0 Å². The van der Waals surface area contributed by atoms with Crippen molar-refractivity contribution in [3.05, 3.63) is 76.9 Å². The second kappa shape index (κ2) is 7.24. The van der Waals surface area contributed by atoms with E-state index in [0.29, 0.717) is 11.3 Å². The van der Waals surface area contributed by atoms with Crippen molar-refractivity contribution in [3.63, 3.8) is 0 Å². The lowest BCUT2D eigenvalue weighted by atomic mass is 9.78. The second-order valence-electron chi connectivity index (χ2n) is 7.36. The minimum atomic E-state index is -0.887. The number of carbonyl (C=O) groups excluding carboxylic acids is 1. The van der Waals surface area contributed by atoms with Crippen molar-refractivity contribution < 1.29 is 14.6 Å². The number of aliphatic hydroxyl groups excluding tert-OH is 1. The van der Waals surface area contributed by atoms with Gasteiger partial charge >= 0.3 is 5.97 Å². The molecule has 1 N–H and O–H groups in total. The van der Waals surface area contributed by atoms with Crippen molar-refractivity contribution in [2.45, 2.75) is 46.1 Å². The number of ether oxygens (including phenoxy) is 1. The Morgan fingerprint density at radius 1 is 1.20 bits per heavy atom. The minimum absolute atomic E-state index is 0.221. The van der Waals surface area contributed by atoms with E-state index in [2.05, 4.69) is 27.4 Å². The van der Waals surface area contributed by atoms with E-state index in [4.69, 9.17) is 4.74 Å². The summed E-state index contributed by atoms with van der Waals surface area (Å²) in [4.78, 5) is 11.8. The van der Waals surface area contributed by atoms with Gasteiger partial charge in [-0.25, -0.2) is 4.79 Å². The quantitative estimate of drug-likeness (QED) is 0.496. The van der Waals surface area contributed by atoms with Crippen LogP contribution in [0.3, 0.4) is 0 Å². The molecule has 0 aliphatic heterocycles. The van der Waals surface area contributed by atoms with Crippen LogP contribution >= 0.6 is 0 Å². The summed E-state index contributed by atoms with van der Waals surface area (Å²) < 4.78 is 5.44. The summed E-state index contributed by atoms with van der Waals surface area (Å²) in [6, 6.07) is 11.4. The Bertz CT molecular complexity index is 797. The Balaban J connectivity index is 2.72. The summed E-state index contributed by atoms with van der Waals surface area (Å²) in [6.07, 6.45) is 0.237. The van der Waals surface area contributed by atoms with Crippen LogP contribution < -0.4 is 4.74 Å². The number of carbonyl (C=O) groups is 1. The lowest BCUT2D eigenvalue weighted by molar-refractivity contribution is -0.129. The Morgan fingerprint density at radius 2 is 1.88 bits per heavy atom. The van der Waals surface area contributed by atoms with Gasteiger partial charge in [0.2, 0.25) is 0 Å². The highest BCUT2D eigenvalue weighted by molar-refractivity contribution is 5.83. The zero-order valence-corrected chi connectivity index (χ0v) is 15.6. The Kier molecular flexibility index (Phi) is 5.48. The fraction of sp³-hybridized carbons (Fsp3) is 0.318. The van der Waals surface area contributed by atoms with Crippen LogP contribution in [0.25, 0.3) is 0 Å². The molecule has 0 fully saturated rings. The van der Waals surface area contributed by atoms with Gasteiger partial charge in [0.1, 0.15) is 11.9 Å². The molecule has 0 aliphatic rings. The third kappa shape index (κ3) is 4.18. The van der Waals surface area contributed by atoms with E-state index in [9.17, 15) is 9.90 Å². The Labute approximate surface area is 150 Å². The molecule has 0 saturated heterocycles. The number of rotatable bonds is 4. The third-order valence-corrected chi connectivity index (χ3v) is 4.17. The van der Waals surface area contributed by atoms with Crippen molar-refractivity contribution in [1.82, 2.24) is 0 Å². The molecular formula is C22H26O3. The number of aliphatic hydroxyl groups is 1. The molecule has 1 atom stereocenters. The monoisotopic (exact) mass is 338 g/mol. The molecule has 1 unspecified atom stereocenters. The van der Waals surface area contributed by atoms with Crippen molar-refractivity contribution in [1.29, 1.82) is 0 Å². The average molecular weight is 338 g/mol. The maximum Gasteiger partial charge on any atom is 0.335 e. The maximum atomic E-state index is 11.8. The van der Waals surface area contributed by atoms with Gasteiger partial charge in [0.25, 0.3) is 0 Å².